The number of rotatable bonds is 6. The Hall–Kier alpha value is -4.07. The van der Waals surface area contributed by atoms with Crippen LogP contribution in [0.25, 0.3) is 0 Å². The van der Waals surface area contributed by atoms with Crippen molar-refractivity contribution >= 4 is 5.91 Å². The van der Waals surface area contributed by atoms with Crippen LogP contribution in [0.3, 0.4) is 0 Å². The minimum absolute atomic E-state index is 0.00352. The van der Waals surface area contributed by atoms with Crippen LogP contribution in [-0.2, 0) is 6.54 Å². The molecule has 0 saturated carbocycles. The monoisotopic (exact) mass is 471 g/mol. The van der Waals surface area contributed by atoms with Gasteiger partial charge in [-0.2, -0.15) is 0 Å². The van der Waals surface area contributed by atoms with E-state index in [0.29, 0.717) is 42.5 Å². The average molecular weight is 472 g/mol. The maximum absolute atomic E-state index is 13.4. The van der Waals surface area contributed by atoms with E-state index in [0.717, 1.165) is 24.2 Å². The normalized spacial score (nSPS) is 15.7. The van der Waals surface area contributed by atoms with Crippen LogP contribution in [-0.4, -0.2) is 43.4 Å². The fraction of sp³-hybridized carbons (Fsp3) is 0.259. The lowest BCUT2D eigenvalue weighted by Crippen LogP contribution is -2.39. The minimum Gasteiger partial charge on any atom is -0.437 e. The summed E-state index contributed by atoms with van der Waals surface area (Å²) in [5, 5.41) is 0. The second-order valence-corrected chi connectivity index (χ2v) is 8.70. The van der Waals surface area contributed by atoms with Gasteiger partial charge in [-0.05, 0) is 61.7 Å². The Morgan fingerprint density at radius 1 is 1.09 bits per heavy atom. The van der Waals surface area contributed by atoms with Crippen molar-refractivity contribution in [2.75, 3.05) is 13.1 Å². The molecule has 1 aliphatic heterocycles. The van der Waals surface area contributed by atoms with Gasteiger partial charge in [0, 0.05) is 55.9 Å². The number of nitrogens with zero attached hydrogens (tertiary/aromatic N) is 5. The van der Waals surface area contributed by atoms with Gasteiger partial charge in [0.1, 0.15) is 23.1 Å². The maximum atomic E-state index is 13.4. The summed E-state index contributed by atoms with van der Waals surface area (Å²) in [5.74, 6) is 1.47. The van der Waals surface area contributed by atoms with E-state index in [2.05, 4.69) is 19.5 Å². The molecule has 5 rings (SSSR count). The number of carbonyl (C=O) groups is 1. The van der Waals surface area contributed by atoms with Gasteiger partial charge in [-0.1, -0.05) is 12.1 Å². The van der Waals surface area contributed by atoms with Crippen molar-refractivity contribution < 1.29 is 13.9 Å². The zero-order valence-corrected chi connectivity index (χ0v) is 19.5. The first-order valence-corrected chi connectivity index (χ1v) is 11.7. The molecule has 8 heteroatoms. The van der Waals surface area contributed by atoms with E-state index in [1.807, 2.05) is 42.3 Å². The van der Waals surface area contributed by atoms with Gasteiger partial charge in [0.2, 0.25) is 5.88 Å². The lowest BCUT2D eigenvalue weighted by molar-refractivity contribution is 0.0704. The summed E-state index contributed by atoms with van der Waals surface area (Å²) in [6.07, 6.45) is 8.65. The Morgan fingerprint density at radius 3 is 2.71 bits per heavy atom. The van der Waals surface area contributed by atoms with E-state index in [-0.39, 0.29) is 17.6 Å². The first-order chi connectivity index (χ1) is 17.1. The van der Waals surface area contributed by atoms with E-state index in [4.69, 9.17) is 4.74 Å². The molecule has 1 saturated heterocycles. The highest BCUT2D eigenvalue weighted by atomic mass is 19.1. The topological polar surface area (TPSA) is 73.1 Å². The van der Waals surface area contributed by atoms with Gasteiger partial charge in [0.05, 0.1) is 0 Å². The summed E-state index contributed by atoms with van der Waals surface area (Å²) < 4.78 is 21.2. The SMILES string of the molecule is Cc1nccn1Cc1cccc(C(=O)N2CCCC(c3nccnc3Oc3ccc(F)cc3)C2)c1. The largest absolute Gasteiger partial charge is 0.437 e. The van der Waals surface area contributed by atoms with Gasteiger partial charge in [0.15, 0.2) is 0 Å². The highest BCUT2D eigenvalue weighted by Gasteiger charge is 2.29. The van der Waals surface area contributed by atoms with Crippen molar-refractivity contribution in [1.29, 1.82) is 0 Å². The molecule has 1 fully saturated rings. The summed E-state index contributed by atoms with van der Waals surface area (Å²) in [5.41, 5.74) is 2.43. The van der Waals surface area contributed by atoms with Crippen molar-refractivity contribution in [1.82, 2.24) is 24.4 Å². The number of benzene rings is 2. The van der Waals surface area contributed by atoms with E-state index >= 15 is 0 Å². The molecular weight excluding hydrogens is 445 g/mol. The second-order valence-electron chi connectivity index (χ2n) is 8.70. The van der Waals surface area contributed by atoms with Crippen LogP contribution in [0.4, 0.5) is 4.39 Å². The molecular formula is C27H26FN5O2. The number of amides is 1. The third-order valence-corrected chi connectivity index (χ3v) is 6.27. The molecule has 2 aromatic carbocycles. The van der Waals surface area contributed by atoms with Gasteiger partial charge in [0.25, 0.3) is 5.91 Å². The minimum atomic E-state index is -0.331. The van der Waals surface area contributed by atoms with Gasteiger partial charge >= 0.3 is 0 Å². The van der Waals surface area contributed by atoms with E-state index in [9.17, 15) is 9.18 Å². The van der Waals surface area contributed by atoms with E-state index < -0.39 is 0 Å². The van der Waals surface area contributed by atoms with Gasteiger partial charge in [-0.15, -0.1) is 0 Å². The summed E-state index contributed by atoms with van der Waals surface area (Å²) in [7, 11) is 0. The Balaban J connectivity index is 1.32. The zero-order chi connectivity index (χ0) is 24.2. The van der Waals surface area contributed by atoms with Gasteiger partial charge in [-0.25, -0.2) is 14.4 Å². The van der Waals surface area contributed by atoms with E-state index in [1.165, 1.54) is 12.1 Å². The molecule has 1 unspecified atom stereocenters. The number of imidazole rings is 1. The molecule has 0 bridgehead atoms. The summed E-state index contributed by atoms with van der Waals surface area (Å²) in [4.78, 5) is 28.5. The Bertz CT molecular complexity index is 1320. The number of aromatic nitrogens is 4. The predicted molar refractivity (Wildman–Crippen MR) is 129 cm³/mol. The van der Waals surface area contributed by atoms with Crippen molar-refractivity contribution in [3.05, 3.63) is 102 Å². The Labute approximate surface area is 203 Å². The van der Waals surface area contributed by atoms with Crippen LogP contribution in [0.1, 0.15) is 46.2 Å². The third kappa shape index (κ3) is 5.21. The molecule has 0 aliphatic carbocycles. The molecule has 1 atom stereocenters. The van der Waals surface area contributed by atoms with Gasteiger partial charge < -0.3 is 14.2 Å². The summed E-state index contributed by atoms with van der Waals surface area (Å²) in [6, 6.07) is 13.6. The number of ether oxygens (including phenoxy) is 1. The standard InChI is InChI=1S/C27H26FN5O2/c1-19-29-13-15-32(19)17-20-4-2-5-21(16-20)27(34)33-14-3-6-22(18-33)25-26(31-12-11-30-25)35-24-9-7-23(28)8-10-24/h2,4-5,7-13,15-16,22H,3,6,14,17-18H2,1H3. The number of piperidine rings is 1. The average Bonchev–Trinajstić information content (AvgIpc) is 3.29. The summed E-state index contributed by atoms with van der Waals surface area (Å²) >= 11 is 0. The molecule has 35 heavy (non-hydrogen) atoms. The molecule has 1 amide bonds. The van der Waals surface area contributed by atoms with Crippen LogP contribution >= 0.6 is 0 Å². The molecule has 3 heterocycles. The number of aryl methyl sites for hydroxylation is 1. The molecule has 0 radical (unpaired) electrons. The number of likely N-dealkylation sites (tertiary alicyclic amines) is 1. The van der Waals surface area contributed by atoms with Crippen LogP contribution < -0.4 is 4.74 Å². The first kappa shape index (κ1) is 22.7. The van der Waals surface area contributed by atoms with Crippen molar-refractivity contribution in [3.63, 3.8) is 0 Å². The number of halogens is 1. The molecule has 0 spiro atoms. The van der Waals surface area contributed by atoms with Crippen molar-refractivity contribution in [3.8, 4) is 11.6 Å². The lowest BCUT2D eigenvalue weighted by atomic mass is 9.94. The molecule has 1 aliphatic rings. The summed E-state index contributed by atoms with van der Waals surface area (Å²) in [6.45, 7) is 3.85. The van der Waals surface area contributed by atoms with Crippen LogP contribution in [0.2, 0.25) is 0 Å². The van der Waals surface area contributed by atoms with Gasteiger partial charge in [-0.3, -0.25) is 9.78 Å². The van der Waals surface area contributed by atoms with Crippen LogP contribution in [0, 0.1) is 12.7 Å². The van der Waals surface area contributed by atoms with Crippen LogP contribution in [0.15, 0.2) is 73.3 Å². The van der Waals surface area contributed by atoms with E-state index in [1.54, 1.807) is 30.7 Å². The zero-order valence-electron chi connectivity index (χ0n) is 19.5. The predicted octanol–water partition coefficient (Wildman–Crippen LogP) is 4.98. The smallest absolute Gasteiger partial charge is 0.253 e. The lowest BCUT2D eigenvalue weighted by Gasteiger charge is -2.33. The molecule has 0 N–H and O–H groups in total. The fourth-order valence-corrected chi connectivity index (χ4v) is 4.45. The number of hydrogen-bond donors (Lipinski definition) is 0. The first-order valence-electron chi connectivity index (χ1n) is 11.7. The number of hydrogen-bond acceptors (Lipinski definition) is 5. The Kier molecular flexibility index (Phi) is 6.52. The molecule has 7 nitrogen and oxygen atoms in total. The third-order valence-electron chi connectivity index (χ3n) is 6.27. The maximum Gasteiger partial charge on any atom is 0.253 e. The van der Waals surface area contributed by atoms with Crippen molar-refractivity contribution in [2.24, 2.45) is 0 Å². The molecule has 4 aromatic rings. The highest BCUT2D eigenvalue weighted by Crippen LogP contribution is 2.33. The second kappa shape index (κ2) is 10.0. The highest BCUT2D eigenvalue weighted by molar-refractivity contribution is 5.94. The molecule has 2 aromatic heterocycles. The number of carbonyl (C=O) groups excluding carboxylic acids is 1. The quantitative estimate of drug-likeness (QED) is 0.397. The fourth-order valence-electron chi connectivity index (χ4n) is 4.45. The Morgan fingerprint density at radius 2 is 1.91 bits per heavy atom. The van der Waals surface area contributed by atoms with Crippen LogP contribution in [0.5, 0.6) is 11.6 Å². The molecule has 178 valence electrons. The van der Waals surface area contributed by atoms with Crippen molar-refractivity contribution in [2.45, 2.75) is 32.2 Å².